The largest absolute Gasteiger partial charge is 0.496 e. The van der Waals surface area contributed by atoms with Crippen LogP contribution in [0, 0.1) is 0 Å². The van der Waals surface area contributed by atoms with Crippen LogP contribution in [0.25, 0.3) is 0 Å². The Kier molecular flexibility index (Phi) is 5.82. The van der Waals surface area contributed by atoms with E-state index in [4.69, 9.17) is 4.74 Å². The summed E-state index contributed by atoms with van der Waals surface area (Å²) in [6.45, 7) is 6.08. The van der Waals surface area contributed by atoms with Crippen molar-refractivity contribution in [1.29, 1.82) is 0 Å². The highest BCUT2D eigenvalue weighted by molar-refractivity contribution is 9.10. The molecule has 1 heterocycles. The van der Waals surface area contributed by atoms with E-state index in [0.717, 1.165) is 41.1 Å². The molecule has 1 aromatic heterocycles. The molecule has 0 saturated carbocycles. The fourth-order valence-electron chi connectivity index (χ4n) is 2.51. The van der Waals surface area contributed by atoms with Crippen LogP contribution in [0.4, 0.5) is 0 Å². The number of likely N-dealkylation sites (N-methyl/N-ethyl adjacent to an activating group) is 1. The van der Waals surface area contributed by atoms with Gasteiger partial charge >= 0.3 is 0 Å². The van der Waals surface area contributed by atoms with Crippen LogP contribution in [0.3, 0.4) is 0 Å². The van der Waals surface area contributed by atoms with Crippen LogP contribution < -0.4 is 10.1 Å². The molecule has 4 nitrogen and oxygen atoms in total. The van der Waals surface area contributed by atoms with Gasteiger partial charge in [-0.15, -0.1) is 0 Å². The number of hydrogen-bond donors (Lipinski definition) is 1. The van der Waals surface area contributed by atoms with Crippen LogP contribution in [0.5, 0.6) is 5.75 Å². The summed E-state index contributed by atoms with van der Waals surface area (Å²) >= 11 is 3.49. The van der Waals surface area contributed by atoms with Gasteiger partial charge in [0.15, 0.2) is 0 Å². The van der Waals surface area contributed by atoms with Crippen molar-refractivity contribution >= 4 is 15.9 Å². The number of aromatic nitrogens is 2. The predicted octanol–water partition coefficient (Wildman–Crippen LogP) is 3.57. The summed E-state index contributed by atoms with van der Waals surface area (Å²) in [5.74, 6) is 1.98. The van der Waals surface area contributed by atoms with E-state index in [0.29, 0.717) is 0 Å². The standard InChI is InChI=1S/C16H22BrN3O/c1-4-18-14(11-16-19-8-9-20(16)5-2)13-7-6-12(17)10-15(13)21-3/h6-10,14,18H,4-5,11H2,1-3H3. The molecule has 1 aromatic carbocycles. The first-order valence-corrected chi connectivity index (χ1v) is 8.05. The highest BCUT2D eigenvalue weighted by Crippen LogP contribution is 2.30. The van der Waals surface area contributed by atoms with Crippen molar-refractivity contribution < 1.29 is 4.74 Å². The van der Waals surface area contributed by atoms with E-state index < -0.39 is 0 Å². The van der Waals surface area contributed by atoms with Crippen molar-refractivity contribution in [2.24, 2.45) is 0 Å². The van der Waals surface area contributed by atoms with Gasteiger partial charge in [-0.2, -0.15) is 0 Å². The molecule has 0 bridgehead atoms. The average molecular weight is 352 g/mol. The minimum atomic E-state index is 0.186. The second kappa shape index (κ2) is 7.61. The van der Waals surface area contributed by atoms with E-state index in [9.17, 15) is 0 Å². The molecule has 114 valence electrons. The number of rotatable bonds is 7. The quantitative estimate of drug-likeness (QED) is 0.828. The molecule has 2 aromatic rings. The molecule has 2 rings (SSSR count). The van der Waals surface area contributed by atoms with Crippen LogP contribution in [0.1, 0.15) is 31.3 Å². The second-order valence-corrected chi connectivity index (χ2v) is 5.75. The Morgan fingerprint density at radius 2 is 2.19 bits per heavy atom. The summed E-state index contributed by atoms with van der Waals surface area (Å²) in [6.07, 6.45) is 4.73. The highest BCUT2D eigenvalue weighted by atomic mass is 79.9. The zero-order valence-corrected chi connectivity index (χ0v) is 14.4. The molecule has 0 aliphatic carbocycles. The topological polar surface area (TPSA) is 39.1 Å². The van der Waals surface area contributed by atoms with Crippen molar-refractivity contribution in [3.05, 3.63) is 46.5 Å². The number of halogens is 1. The number of imidazole rings is 1. The molecule has 0 aliphatic heterocycles. The minimum absolute atomic E-state index is 0.186. The fourth-order valence-corrected chi connectivity index (χ4v) is 2.85. The molecular weight excluding hydrogens is 330 g/mol. The van der Waals surface area contributed by atoms with Crippen molar-refractivity contribution in [2.45, 2.75) is 32.9 Å². The minimum Gasteiger partial charge on any atom is -0.496 e. The molecule has 5 heteroatoms. The van der Waals surface area contributed by atoms with Crippen LogP contribution in [0.2, 0.25) is 0 Å². The second-order valence-electron chi connectivity index (χ2n) is 4.83. The van der Waals surface area contributed by atoms with Crippen molar-refractivity contribution in [3.63, 3.8) is 0 Å². The maximum atomic E-state index is 5.53. The molecule has 1 N–H and O–H groups in total. The number of nitrogens with one attached hydrogen (secondary N) is 1. The lowest BCUT2D eigenvalue weighted by Crippen LogP contribution is -2.24. The fraction of sp³-hybridized carbons (Fsp3) is 0.438. The van der Waals surface area contributed by atoms with Gasteiger partial charge in [0.25, 0.3) is 0 Å². The van der Waals surface area contributed by atoms with Crippen LogP contribution in [-0.2, 0) is 13.0 Å². The van der Waals surface area contributed by atoms with Gasteiger partial charge in [0.2, 0.25) is 0 Å². The van der Waals surface area contributed by atoms with Crippen molar-refractivity contribution in [2.75, 3.05) is 13.7 Å². The smallest absolute Gasteiger partial charge is 0.124 e. The first-order valence-electron chi connectivity index (χ1n) is 7.26. The SMILES string of the molecule is CCNC(Cc1nccn1CC)c1ccc(Br)cc1OC. The summed E-state index contributed by atoms with van der Waals surface area (Å²) in [5.41, 5.74) is 1.16. The molecular formula is C16H22BrN3O. The lowest BCUT2D eigenvalue weighted by atomic mass is 10.0. The third-order valence-corrected chi connectivity index (χ3v) is 4.04. The Morgan fingerprint density at radius 1 is 1.38 bits per heavy atom. The molecule has 0 spiro atoms. The lowest BCUT2D eigenvalue weighted by Gasteiger charge is -2.21. The van der Waals surface area contributed by atoms with E-state index in [2.05, 4.69) is 56.8 Å². The number of ether oxygens (including phenoxy) is 1. The van der Waals surface area contributed by atoms with Gasteiger partial charge in [0.1, 0.15) is 11.6 Å². The van der Waals surface area contributed by atoms with Gasteiger partial charge in [-0.3, -0.25) is 0 Å². The maximum Gasteiger partial charge on any atom is 0.124 e. The van der Waals surface area contributed by atoms with Crippen LogP contribution >= 0.6 is 15.9 Å². The van der Waals surface area contributed by atoms with Gasteiger partial charge in [-0.25, -0.2) is 4.98 Å². The maximum absolute atomic E-state index is 5.53. The summed E-state index contributed by atoms with van der Waals surface area (Å²) in [7, 11) is 1.71. The number of hydrogen-bond acceptors (Lipinski definition) is 3. The van der Waals surface area contributed by atoms with Gasteiger partial charge in [-0.05, 0) is 25.6 Å². The molecule has 0 amide bonds. The van der Waals surface area contributed by atoms with E-state index in [1.54, 1.807) is 7.11 Å². The Labute approximate surface area is 134 Å². The molecule has 21 heavy (non-hydrogen) atoms. The highest BCUT2D eigenvalue weighted by Gasteiger charge is 2.18. The Hall–Kier alpha value is -1.33. The molecule has 0 radical (unpaired) electrons. The van der Waals surface area contributed by atoms with Gasteiger partial charge in [-0.1, -0.05) is 28.9 Å². The van der Waals surface area contributed by atoms with E-state index in [1.165, 1.54) is 0 Å². The normalized spacial score (nSPS) is 12.4. The van der Waals surface area contributed by atoms with Gasteiger partial charge in [0.05, 0.1) is 7.11 Å². The average Bonchev–Trinajstić information content (AvgIpc) is 2.94. The number of nitrogens with zero attached hydrogens (tertiary/aromatic N) is 2. The third-order valence-electron chi connectivity index (χ3n) is 3.55. The third kappa shape index (κ3) is 3.86. The monoisotopic (exact) mass is 351 g/mol. The Morgan fingerprint density at radius 3 is 2.86 bits per heavy atom. The summed E-state index contributed by atoms with van der Waals surface area (Å²) in [4.78, 5) is 4.48. The molecule has 1 atom stereocenters. The van der Waals surface area contributed by atoms with E-state index >= 15 is 0 Å². The zero-order chi connectivity index (χ0) is 15.2. The first-order chi connectivity index (χ1) is 10.2. The predicted molar refractivity (Wildman–Crippen MR) is 88.7 cm³/mol. The zero-order valence-electron chi connectivity index (χ0n) is 12.8. The van der Waals surface area contributed by atoms with Crippen LogP contribution in [0.15, 0.2) is 35.1 Å². The van der Waals surface area contributed by atoms with Crippen molar-refractivity contribution in [1.82, 2.24) is 14.9 Å². The Bertz CT molecular complexity index is 583. The van der Waals surface area contributed by atoms with E-state index in [-0.39, 0.29) is 6.04 Å². The van der Waals surface area contributed by atoms with Gasteiger partial charge < -0.3 is 14.6 Å². The van der Waals surface area contributed by atoms with Gasteiger partial charge in [0, 0.05) is 41.4 Å². The molecule has 1 unspecified atom stereocenters. The Balaban J connectivity index is 2.30. The summed E-state index contributed by atoms with van der Waals surface area (Å²) in [6, 6.07) is 6.35. The molecule has 0 aliphatic rings. The summed E-state index contributed by atoms with van der Waals surface area (Å²) in [5, 5.41) is 3.53. The number of methoxy groups -OCH3 is 1. The first kappa shape index (κ1) is 16.0. The van der Waals surface area contributed by atoms with Crippen LogP contribution in [-0.4, -0.2) is 23.2 Å². The van der Waals surface area contributed by atoms with Crippen molar-refractivity contribution in [3.8, 4) is 5.75 Å². The lowest BCUT2D eigenvalue weighted by molar-refractivity contribution is 0.397. The summed E-state index contributed by atoms with van der Waals surface area (Å²) < 4.78 is 8.73. The number of aryl methyl sites for hydroxylation is 1. The molecule has 0 fully saturated rings. The number of benzene rings is 1. The van der Waals surface area contributed by atoms with E-state index in [1.807, 2.05) is 18.5 Å². The molecule has 0 saturated heterocycles.